The fourth-order valence-electron chi connectivity index (χ4n) is 2.30. The first-order valence-corrected chi connectivity index (χ1v) is 7.24. The van der Waals surface area contributed by atoms with Crippen LogP contribution < -0.4 is 0 Å². The van der Waals surface area contributed by atoms with Crippen LogP contribution in [0.4, 0.5) is 0 Å². The van der Waals surface area contributed by atoms with Gasteiger partial charge in [0.1, 0.15) is 0 Å². The second kappa shape index (κ2) is 8.52. The van der Waals surface area contributed by atoms with E-state index in [1.807, 2.05) is 30.3 Å². The summed E-state index contributed by atoms with van der Waals surface area (Å²) in [4.78, 5) is 14.3. The lowest BCUT2D eigenvalue weighted by atomic mass is 10.0. The zero-order valence-electron chi connectivity index (χ0n) is 12.1. The average Bonchev–Trinajstić information content (AvgIpc) is 2.47. The summed E-state index contributed by atoms with van der Waals surface area (Å²) in [6.45, 7) is 8.14. The fraction of sp³-hybridized carbons (Fsp3) is 0.471. The predicted octanol–water partition coefficient (Wildman–Crippen LogP) is 4.63. The van der Waals surface area contributed by atoms with E-state index in [2.05, 4.69) is 20.4 Å². The van der Waals surface area contributed by atoms with Crippen molar-refractivity contribution in [3.8, 4) is 0 Å². The highest BCUT2D eigenvalue weighted by Crippen LogP contribution is 2.17. The Balaban J connectivity index is 2.74. The molecule has 0 radical (unpaired) electrons. The van der Waals surface area contributed by atoms with Crippen molar-refractivity contribution in [3.05, 3.63) is 48.7 Å². The molecule has 1 unspecified atom stereocenters. The van der Waals surface area contributed by atoms with Crippen molar-refractivity contribution in [2.24, 2.45) is 0 Å². The van der Waals surface area contributed by atoms with Gasteiger partial charge in [0.2, 0.25) is 0 Å². The Morgan fingerprint density at radius 2 is 1.95 bits per heavy atom. The number of carbonyl (C=O) groups is 1. The first-order valence-electron chi connectivity index (χ1n) is 7.24. The van der Waals surface area contributed by atoms with Gasteiger partial charge in [0.15, 0.2) is 0 Å². The normalized spacial score (nSPS) is 11.9. The largest absolute Gasteiger partial charge is 0.313 e. The summed E-state index contributed by atoms with van der Waals surface area (Å²) in [6, 6.07) is 9.69. The molecule has 0 aromatic heterocycles. The number of hydrogen-bond donors (Lipinski definition) is 0. The molecule has 1 aromatic rings. The van der Waals surface area contributed by atoms with Crippen LogP contribution in [0.5, 0.6) is 0 Å². The van der Waals surface area contributed by atoms with Gasteiger partial charge in [0, 0.05) is 17.8 Å². The van der Waals surface area contributed by atoms with E-state index in [0.29, 0.717) is 0 Å². The molecular formula is C17H25NO. The third-order valence-electron chi connectivity index (χ3n) is 3.46. The van der Waals surface area contributed by atoms with Gasteiger partial charge in [-0.05, 0) is 25.0 Å². The quantitative estimate of drug-likeness (QED) is 0.623. The van der Waals surface area contributed by atoms with Crippen molar-refractivity contribution >= 4 is 5.91 Å². The van der Waals surface area contributed by atoms with Crippen LogP contribution >= 0.6 is 0 Å². The van der Waals surface area contributed by atoms with Crippen molar-refractivity contribution in [2.75, 3.05) is 0 Å². The van der Waals surface area contributed by atoms with Crippen LogP contribution in [0.2, 0.25) is 0 Å². The molecule has 0 heterocycles. The summed E-state index contributed by atoms with van der Waals surface area (Å²) >= 11 is 0. The number of nitrogens with zero attached hydrogens (tertiary/aromatic N) is 1. The molecular weight excluding hydrogens is 234 g/mol. The highest BCUT2D eigenvalue weighted by Gasteiger charge is 2.20. The number of carbonyl (C=O) groups excluding carboxylic acids is 1. The van der Waals surface area contributed by atoms with Gasteiger partial charge in [-0.25, -0.2) is 0 Å². The van der Waals surface area contributed by atoms with Crippen LogP contribution in [0.25, 0.3) is 0 Å². The molecule has 1 atom stereocenters. The van der Waals surface area contributed by atoms with Gasteiger partial charge >= 0.3 is 0 Å². The first-order chi connectivity index (χ1) is 9.24. The molecule has 0 bridgehead atoms. The van der Waals surface area contributed by atoms with E-state index in [1.54, 1.807) is 11.1 Å². The molecule has 1 aromatic carbocycles. The molecule has 0 aliphatic carbocycles. The second-order valence-electron chi connectivity index (χ2n) is 4.82. The van der Waals surface area contributed by atoms with Gasteiger partial charge in [0.05, 0.1) is 0 Å². The Bertz CT molecular complexity index is 386. The van der Waals surface area contributed by atoms with Crippen molar-refractivity contribution in [3.63, 3.8) is 0 Å². The van der Waals surface area contributed by atoms with E-state index in [-0.39, 0.29) is 11.9 Å². The molecule has 0 aliphatic heterocycles. The van der Waals surface area contributed by atoms with Gasteiger partial charge in [-0.3, -0.25) is 4.79 Å². The van der Waals surface area contributed by atoms with Crippen LogP contribution in [0, 0.1) is 0 Å². The molecule has 1 amide bonds. The fourth-order valence-corrected chi connectivity index (χ4v) is 2.30. The Morgan fingerprint density at radius 1 is 1.26 bits per heavy atom. The van der Waals surface area contributed by atoms with E-state index >= 15 is 0 Å². The maximum absolute atomic E-state index is 12.5. The zero-order chi connectivity index (χ0) is 14.1. The van der Waals surface area contributed by atoms with Crippen molar-refractivity contribution in [2.45, 2.75) is 52.0 Å². The van der Waals surface area contributed by atoms with Gasteiger partial charge in [-0.1, -0.05) is 57.9 Å². The highest BCUT2D eigenvalue weighted by molar-refractivity contribution is 5.95. The number of amides is 1. The smallest absolute Gasteiger partial charge is 0.258 e. The molecule has 0 saturated carbocycles. The minimum absolute atomic E-state index is 0.0546. The van der Waals surface area contributed by atoms with Crippen molar-refractivity contribution in [1.82, 2.24) is 4.90 Å². The summed E-state index contributed by atoms with van der Waals surface area (Å²) in [5, 5.41) is 0. The molecule has 0 fully saturated rings. The van der Waals surface area contributed by atoms with Gasteiger partial charge in [-0.15, -0.1) is 0 Å². The Labute approximate surface area is 117 Å². The van der Waals surface area contributed by atoms with Crippen molar-refractivity contribution in [1.29, 1.82) is 0 Å². The number of hydrogen-bond acceptors (Lipinski definition) is 1. The third kappa shape index (κ3) is 4.55. The number of unbranched alkanes of at least 4 members (excludes halogenated alkanes) is 2. The number of benzene rings is 1. The van der Waals surface area contributed by atoms with Gasteiger partial charge < -0.3 is 4.90 Å². The lowest BCUT2D eigenvalue weighted by Gasteiger charge is -2.28. The van der Waals surface area contributed by atoms with Crippen LogP contribution in [0.3, 0.4) is 0 Å². The van der Waals surface area contributed by atoms with E-state index < -0.39 is 0 Å². The molecule has 2 heteroatoms. The lowest BCUT2D eigenvalue weighted by molar-refractivity contribution is 0.0757. The van der Waals surface area contributed by atoms with E-state index in [0.717, 1.165) is 18.4 Å². The van der Waals surface area contributed by atoms with Crippen LogP contribution in [-0.2, 0) is 0 Å². The van der Waals surface area contributed by atoms with E-state index in [1.165, 1.54) is 19.3 Å². The predicted molar refractivity (Wildman–Crippen MR) is 81.0 cm³/mol. The molecule has 1 rings (SSSR count). The minimum Gasteiger partial charge on any atom is -0.313 e. The molecule has 19 heavy (non-hydrogen) atoms. The van der Waals surface area contributed by atoms with Crippen LogP contribution in [0.15, 0.2) is 43.1 Å². The Morgan fingerprint density at radius 3 is 2.47 bits per heavy atom. The summed E-state index contributed by atoms with van der Waals surface area (Å²) in [7, 11) is 0. The monoisotopic (exact) mass is 259 g/mol. The first kappa shape index (κ1) is 15.5. The van der Waals surface area contributed by atoms with E-state index in [9.17, 15) is 4.79 Å². The summed E-state index contributed by atoms with van der Waals surface area (Å²) in [5.74, 6) is 0.0546. The lowest BCUT2D eigenvalue weighted by Crippen LogP contribution is -2.35. The molecule has 104 valence electrons. The second-order valence-corrected chi connectivity index (χ2v) is 4.82. The topological polar surface area (TPSA) is 20.3 Å². The third-order valence-corrected chi connectivity index (χ3v) is 3.46. The average molecular weight is 259 g/mol. The SMILES string of the molecule is C=CN(C(=O)c1ccccc1)C(CC)CCCCC. The zero-order valence-corrected chi connectivity index (χ0v) is 12.1. The van der Waals surface area contributed by atoms with Crippen LogP contribution in [-0.4, -0.2) is 16.8 Å². The Kier molecular flexibility index (Phi) is 6.94. The maximum Gasteiger partial charge on any atom is 0.258 e. The molecule has 2 nitrogen and oxygen atoms in total. The standard InChI is InChI=1S/C17H25NO/c1-4-7-9-14-16(5-2)18(6-3)17(19)15-12-10-8-11-13-15/h6,8,10-13,16H,3-5,7,9,14H2,1-2H3. The minimum atomic E-state index is 0.0546. The van der Waals surface area contributed by atoms with Gasteiger partial charge in [-0.2, -0.15) is 0 Å². The summed E-state index contributed by atoms with van der Waals surface area (Å²) in [5.41, 5.74) is 0.733. The molecule has 0 aliphatic rings. The van der Waals surface area contributed by atoms with E-state index in [4.69, 9.17) is 0 Å². The maximum atomic E-state index is 12.5. The van der Waals surface area contributed by atoms with Crippen LogP contribution in [0.1, 0.15) is 56.3 Å². The summed E-state index contributed by atoms with van der Waals surface area (Å²) < 4.78 is 0. The molecule has 0 spiro atoms. The highest BCUT2D eigenvalue weighted by atomic mass is 16.2. The van der Waals surface area contributed by atoms with Gasteiger partial charge in [0.25, 0.3) is 5.91 Å². The summed E-state index contributed by atoms with van der Waals surface area (Å²) in [6.07, 6.45) is 7.29. The Hall–Kier alpha value is -1.57. The molecule has 0 saturated heterocycles. The molecule has 0 N–H and O–H groups in total. The van der Waals surface area contributed by atoms with Crippen molar-refractivity contribution < 1.29 is 4.79 Å². The number of rotatable bonds is 8.